The van der Waals surface area contributed by atoms with Gasteiger partial charge in [0.05, 0.1) is 0 Å². The minimum atomic E-state index is 0.167. The molecule has 2 rings (SSSR count). The maximum absolute atomic E-state index is 5.49. The standard InChI is InChI=1S/C12H21N3O/c1-3-6-13-7-10-8-14-12(15-10)11(16-2)9-4-5-9/h8-9,11,13H,3-7H2,1-2H3,(H,14,15). The molecule has 1 aromatic heterocycles. The van der Waals surface area contributed by atoms with E-state index >= 15 is 0 Å². The largest absolute Gasteiger partial charge is 0.373 e. The lowest BCUT2D eigenvalue weighted by molar-refractivity contribution is 0.0778. The Morgan fingerprint density at radius 3 is 3.06 bits per heavy atom. The van der Waals surface area contributed by atoms with Crippen molar-refractivity contribution in [3.63, 3.8) is 0 Å². The van der Waals surface area contributed by atoms with Crippen LogP contribution in [-0.2, 0) is 11.3 Å². The van der Waals surface area contributed by atoms with E-state index in [1.54, 1.807) is 7.11 Å². The van der Waals surface area contributed by atoms with Gasteiger partial charge in [0.25, 0.3) is 0 Å². The zero-order chi connectivity index (χ0) is 11.4. The zero-order valence-corrected chi connectivity index (χ0v) is 10.1. The van der Waals surface area contributed by atoms with E-state index in [0.29, 0.717) is 5.92 Å². The molecule has 90 valence electrons. The van der Waals surface area contributed by atoms with Crippen LogP contribution in [0.3, 0.4) is 0 Å². The molecule has 0 radical (unpaired) electrons. The first kappa shape index (κ1) is 11.6. The van der Waals surface area contributed by atoms with Crippen molar-refractivity contribution < 1.29 is 4.74 Å². The normalized spacial score (nSPS) is 17.6. The minimum absolute atomic E-state index is 0.167. The van der Waals surface area contributed by atoms with Gasteiger partial charge in [-0.3, -0.25) is 0 Å². The van der Waals surface area contributed by atoms with Gasteiger partial charge in [0.1, 0.15) is 11.9 Å². The molecule has 0 bridgehead atoms. The topological polar surface area (TPSA) is 49.9 Å². The number of nitrogens with zero attached hydrogens (tertiary/aromatic N) is 1. The number of nitrogens with one attached hydrogen (secondary N) is 2. The summed E-state index contributed by atoms with van der Waals surface area (Å²) in [6.45, 7) is 4.08. The highest BCUT2D eigenvalue weighted by atomic mass is 16.5. The van der Waals surface area contributed by atoms with Crippen molar-refractivity contribution in [2.24, 2.45) is 5.92 Å². The summed E-state index contributed by atoms with van der Waals surface area (Å²) in [5, 5.41) is 3.35. The highest BCUT2D eigenvalue weighted by molar-refractivity contribution is 5.06. The van der Waals surface area contributed by atoms with Crippen LogP contribution in [0.15, 0.2) is 6.20 Å². The van der Waals surface area contributed by atoms with E-state index in [1.807, 2.05) is 6.20 Å². The van der Waals surface area contributed by atoms with Gasteiger partial charge in [-0.25, -0.2) is 4.98 Å². The van der Waals surface area contributed by atoms with Crippen molar-refractivity contribution in [3.8, 4) is 0 Å². The Balaban J connectivity index is 1.90. The quantitative estimate of drug-likeness (QED) is 0.695. The van der Waals surface area contributed by atoms with Gasteiger partial charge in [-0.2, -0.15) is 0 Å². The number of hydrogen-bond acceptors (Lipinski definition) is 3. The molecule has 0 saturated heterocycles. The molecule has 4 heteroatoms. The second-order valence-corrected chi connectivity index (χ2v) is 4.46. The third kappa shape index (κ3) is 2.83. The molecule has 1 atom stereocenters. The van der Waals surface area contributed by atoms with Crippen molar-refractivity contribution in [2.45, 2.75) is 38.8 Å². The van der Waals surface area contributed by atoms with Crippen LogP contribution in [0.4, 0.5) is 0 Å². The summed E-state index contributed by atoms with van der Waals surface area (Å²) in [6.07, 6.45) is 5.77. The summed E-state index contributed by atoms with van der Waals surface area (Å²) in [7, 11) is 1.76. The number of aromatic nitrogens is 2. The summed E-state index contributed by atoms with van der Waals surface area (Å²) < 4.78 is 5.49. The van der Waals surface area contributed by atoms with E-state index in [1.165, 1.54) is 12.8 Å². The second-order valence-electron chi connectivity index (χ2n) is 4.46. The molecule has 4 nitrogen and oxygen atoms in total. The first-order valence-corrected chi connectivity index (χ1v) is 6.12. The van der Waals surface area contributed by atoms with Crippen LogP contribution in [0.1, 0.15) is 43.8 Å². The van der Waals surface area contributed by atoms with Crippen LogP contribution in [0, 0.1) is 5.92 Å². The van der Waals surface area contributed by atoms with E-state index in [9.17, 15) is 0 Å². The molecule has 1 aromatic rings. The van der Waals surface area contributed by atoms with E-state index in [-0.39, 0.29) is 6.10 Å². The summed E-state index contributed by atoms with van der Waals surface area (Å²) in [5.74, 6) is 1.66. The van der Waals surface area contributed by atoms with Gasteiger partial charge in [0.2, 0.25) is 0 Å². The zero-order valence-electron chi connectivity index (χ0n) is 10.1. The Morgan fingerprint density at radius 1 is 1.62 bits per heavy atom. The summed E-state index contributed by atoms with van der Waals surface area (Å²) in [6, 6.07) is 0. The number of ether oxygens (including phenoxy) is 1. The molecule has 1 saturated carbocycles. The monoisotopic (exact) mass is 223 g/mol. The Hall–Kier alpha value is -0.870. The molecule has 1 aliphatic carbocycles. The lowest BCUT2D eigenvalue weighted by atomic mass is 10.2. The van der Waals surface area contributed by atoms with Crippen LogP contribution < -0.4 is 5.32 Å². The van der Waals surface area contributed by atoms with E-state index in [4.69, 9.17) is 4.74 Å². The number of imidazole rings is 1. The van der Waals surface area contributed by atoms with Crippen LogP contribution in [-0.4, -0.2) is 23.6 Å². The third-order valence-corrected chi connectivity index (χ3v) is 2.96. The molecule has 1 unspecified atom stereocenters. The van der Waals surface area contributed by atoms with Crippen molar-refractivity contribution in [1.29, 1.82) is 0 Å². The van der Waals surface area contributed by atoms with Crippen molar-refractivity contribution in [3.05, 3.63) is 17.7 Å². The average molecular weight is 223 g/mol. The number of H-pyrrole nitrogens is 1. The Morgan fingerprint density at radius 2 is 2.44 bits per heavy atom. The van der Waals surface area contributed by atoms with E-state index in [2.05, 4.69) is 22.2 Å². The highest BCUT2D eigenvalue weighted by Crippen LogP contribution is 2.41. The smallest absolute Gasteiger partial charge is 0.135 e. The first-order valence-electron chi connectivity index (χ1n) is 6.12. The van der Waals surface area contributed by atoms with Crippen LogP contribution in [0.2, 0.25) is 0 Å². The molecule has 0 amide bonds. The summed E-state index contributed by atoms with van der Waals surface area (Å²) >= 11 is 0. The lowest BCUT2D eigenvalue weighted by Crippen LogP contribution is -2.14. The van der Waals surface area contributed by atoms with Crippen LogP contribution in [0.25, 0.3) is 0 Å². The molecular formula is C12H21N3O. The van der Waals surface area contributed by atoms with Crippen molar-refractivity contribution in [2.75, 3.05) is 13.7 Å². The van der Waals surface area contributed by atoms with Crippen molar-refractivity contribution in [1.82, 2.24) is 15.3 Å². The second kappa shape index (κ2) is 5.46. The predicted molar refractivity (Wildman–Crippen MR) is 63.1 cm³/mol. The lowest BCUT2D eigenvalue weighted by Gasteiger charge is -2.10. The molecular weight excluding hydrogens is 202 g/mol. The fourth-order valence-electron chi connectivity index (χ4n) is 1.94. The van der Waals surface area contributed by atoms with E-state index < -0.39 is 0 Å². The van der Waals surface area contributed by atoms with Gasteiger partial charge in [-0.15, -0.1) is 0 Å². The molecule has 2 N–H and O–H groups in total. The fraction of sp³-hybridized carbons (Fsp3) is 0.750. The maximum Gasteiger partial charge on any atom is 0.135 e. The van der Waals surface area contributed by atoms with Crippen LogP contribution >= 0.6 is 0 Å². The van der Waals surface area contributed by atoms with Gasteiger partial charge in [-0.05, 0) is 31.7 Å². The molecule has 1 heterocycles. The van der Waals surface area contributed by atoms with Gasteiger partial charge >= 0.3 is 0 Å². The molecule has 0 spiro atoms. The van der Waals surface area contributed by atoms with Gasteiger partial charge in [0.15, 0.2) is 0 Å². The first-order chi connectivity index (χ1) is 7.85. The Kier molecular flexibility index (Phi) is 3.96. The Bertz CT molecular complexity index is 320. The molecule has 16 heavy (non-hydrogen) atoms. The number of rotatable bonds is 7. The molecule has 0 aliphatic heterocycles. The summed E-state index contributed by atoms with van der Waals surface area (Å²) in [4.78, 5) is 7.75. The molecule has 0 aromatic carbocycles. The fourth-order valence-corrected chi connectivity index (χ4v) is 1.94. The summed E-state index contributed by atoms with van der Waals surface area (Å²) in [5.41, 5.74) is 1.14. The van der Waals surface area contributed by atoms with Crippen molar-refractivity contribution >= 4 is 0 Å². The highest BCUT2D eigenvalue weighted by Gasteiger charge is 2.34. The maximum atomic E-state index is 5.49. The number of aromatic amines is 1. The molecule has 1 fully saturated rings. The predicted octanol–water partition coefficient (Wildman–Crippen LogP) is 2.01. The van der Waals surface area contributed by atoms with Gasteiger partial charge in [-0.1, -0.05) is 6.92 Å². The minimum Gasteiger partial charge on any atom is -0.373 e. The Labute approximate surface area is 96.8 Å². The number of hydrogen-bond donors (Lipinski definition) is 2. The van der Waals surface area contributed by atoms with E-state index in [0.717, 1.165) is 31.0 Å². The van der Waals surface area contributed by atoms with Gasteiger partial charge < -0.3 is 15.0 Å². The third-order valence-electron chi connectivity index (χ3n) is 2.96. The average Bonchev–Trinajstić information content (AvgIpc) is 3.01. The van der Waals surface area contributed by atoms with Gasteiger partial charge in [0, 0.05) is 25.5 Å². The van der Waals surface area contributed by atoms with Crippen LogP contribution in [0.5, 0.6) is 0 Å². The molecule has 1 aliphatic rings. The number of methoxy groups -OCH3 is 1. The SMILES string of the molecule is CCCNCc1cnc(C(OC)C2CC2)[nH]1.